The Bertz CT molecular complexity index is 553. The Balaban J connectivity index is 1.92. The van der Waals surface area contributed by atoms with Crippen molar-refractivity contribution in [1.29, 1.82) is 5.26 Å². The van der Waals surface area contributed by atoms with Crippen molar-refractivity contribution in [2.24, 2.45) is 0 Å². The highest BCUT2D eigenvalue weighted by Gasteiger charge is 1.96. The highest BCUT2D eigenvalue weighted by molar-refractivity contribution is 5.45. The number of nitrogens with one attached hydrogen (secondary N) is 1. The van der Waals surface area contributed by atoms with Crippen molar-refractivity contribution in [2.45, 2.75) is 13.0 Å². The average molecular weight is 252 g/mol. The van der Waals surface area contributed by atoms with Crippen LogP contribution in [0.15, 0.2) is 48.5 Å². The van der Waals surface area contributed by atoms with Gasteiger partial charge in [-0.15, -0.1) is 0 Å². The average Bonchev–Trinajstić information content (AvgIpc) is 2.47. The van der Waals surface area contributed by atoms with Crippen molar-refractivity contribution in [1.82, 2.24) is 0 Å². The molecule has 2 aromatic carbocycles. The van der Waals surface area contributed by atoms with Crippen LogP contribution in [0.2, 0.25) is 0 Å². The zero-order valence-electron chi connectivity index (χ0n) is 10.9. The van der Waals surface area contributed by atoms with Crippen LogP contribution in [0.1, 0.15) is 11.1 Å². The van der Waals surface area contributed by atoms with Crippen molar-refractivity contribution in [2.75, 3.05) is 12.4 Å². The van der Waals surface area contributed by atoms with E-state index < -0.39 is 0 Å². The van der Waals surface area contributed by atoms with E-state index >= 15 is 0 Å². The van der Waals surface area contributed by atoms with Crippen LogP contribution in [0.4, 0.5) is 5.69 Å². The first-order chi connectivity index (χ1) is 9.31. The number of ether oxygens (including phenoxy) is 1. The molecule has 0 atom stereocenters. The highest BCUT2D eigenvalue weighted by atomic mass is 16.5. The third-order valence-electron chi connectivity index (χ3n) is 2.89. The van der Waals surface area contributed by atoms with Gasteiger partial charge in [-0.1, -0.05) is 24.3 Å². The van der Waals surface area contributed by atoms with E-state index in [1.807, 2.05) is 48.5 Å². The van der Waals surface area contributed by atoms with E-state index in [1.54, 1.807) is 7.11 Å². The SMILES string of the molecule is COc1ccc(CNc2ccc(CC#N)cc2)cc1. The van der Waals surface area contributed by atoms with Crippen LogP contribution in [0.25, 0.3) is 0 Å². The number of nitrogens with zero attached hydrogens (tertiary/aromatic N) is 1. The molecule has 2 rings (SSSR count). The summed E-state index contributed by atoms with van der Waals surface area (Å²) >= 11 is 0. The molecule has 0 spiro atoms. The number of rotatable bonds is 5. The maximum Gasteiger partial charge on any atom is 0.118 e. The minimum absolute atomic E-state index is 0.457. The van der Waals surface area contributed by atoms with E-state index in [1.165, 1.54) is 5.56 Å². The van der Waals surface area contributed by atoms with Crippen LogP contribution in [-0.2, 0) is 13.0 Å². The Morgan fingerprint density at radius 3 is 2.21 bits per heavy atom. The predicted molar refractivity (Wildman–Crippen MR) is 76.1 cm³/mol. The van der Waals surface area contributed by atoms with Gasteiger partial charge in [0.2, 0.25) is 0 Å². The van der Waals surface area contributed by atoms with Gasteiger partial charge in [0.25, 0.3) is 0 Å². The van der Waals surface area contributed by atoms with Crippen molar-refractivity contribution in [3.63, 3.8) is 0 Å². The second-order valence-corrected chi connectivity index (χ2v) is 4.23. The zero-order chi connectivity index (χ0) is 13.5. The molecule has 0 unspecified atom stereocenters. The van der Waals surface area contributed by atoms with Gasteiger partial charge < -0.3 is 10.1 Å². The van der Waals surface area contributed by atoms with Gasteiger partial charge in [0, 0.05) is 12.2 Å². The number of anilines is 1. The molecule has 19 heavy (non-hydrogen) atoms. The van der Waals surface area contributed by atoms with Gasteiger partial charge in [-0.25, -0.2) is 0 Å². The molecule has 0 aliphatic carbocycles. The van der Waals surface area contributed by atoms with Crippen LogP contribution >= 0.6 is 0 Å². The van der Waals surface area contributed by atoms with Crippen molar-refractivity contribution >= 4 is 5.69 Å². The summed E-state index contributed by atoms with van der Waals surface area (Å²) in [5.41, 5.74) is 3.29. The Morgan fingerprint density at radius 1 is 1.00 bits per heavy atom. The molecule has 3 heteroatoms. The molecule has 2 aromatic rings. The lowest BCUT2D eigenvalue weighted by Gasteiger charge is -2.07. The smallest absolute Gasteiger partial charge is 0.118 e. The summed E-state index contributed by atoms with van der Waals surface area (Å²) < 4.78 is 5.12. The third kappa shape index (κ3) is 3.75. The van der Waals surface area contributed by atoms with Crippen LogP contribution in [0, 0.1) is 11.3 Å². The van der Waals surface area contributed by atoms with Crippen LogP contribution in [0.3, 0.4) is 0 Å². The molecule has 0 saturated carbocycles. The first kappa shape index (κ1) is 13.0. The predicted octanol–water partition coefficient (Wildman–Crippen LogP) is 3.37. The van der Waals surface area contributed by atoms with E-state index in [-0.39, 0.29) is 0 Å². The molecule has 0 aliphatic rings. The molecule has 0 radical (unpaired) electrons. The fraction of sp³-hybridized carbons (Fsp3) is 0.188. The summed E-state index contributed by atoms with van der Waals surface area (Å²) in [5, 5.41) is 12.0. The number of hydrogen-bond acceptors (Lipinski definition) is 3. The van der Waals surface area contributed by atoms with E-state index in [0.29, 0.717) is 6.42 Å². The molecule has 0 aromatic heterocycles. The fourth-order valence-electron chi connectivity index (χ4n) is 1.78. The van der Waals surface area contributed by atoms with Crippen LogP contribution < -0.4 is 10.1 Å². The van der Waals surface area contributed by atoms with Gasteiger partial charge in [0.15, 0.2) is 0 Å². The van der Waals surface area contributed by atoms with Gasteiger partial charge in [-0.05, 0) is 35.4 Å². The standard InChI is InChI=1S/C16H16N2O/c1-19-16-8-4-14(5-9-16)12-18-15-6-2-13(3-7-15)10-11-17/h2-9,18H,10,12H2,1H3. The summed E-state index contributed by atoms with van der Waals surface area (Å²) in [6.45, 7) is 0.765. The fourth-order valence-corrected chi connectivity index (χ4v) is 1.78. The minimum Gasteiger partial charge on any atom is -0.497 e. The Labute approximate surface area is 113 Å². The van der Waals surface area contributed by atoms with E-state index in [9.17, 15) is 0 Å². The number of nitriles is 1. The summed E-state index contributed by atoms with van der Waals surface area (Å²) in [6.07, 6.45) is 0.457. The Kier molecular flexibility index (Phi) is 4.41. The van der Waals surface area contributed by atoms with Crippen LogP contribution in [-0.4, -0.2) is 7.11 Å². The van der Waals surface area contributed by atoms with Gasteiger partial charge in [0.1, 0.15) is 5.75 Å². The summed E-state index contributed by atoms with van der Waals surface area (Å²) in [5.74, 6) is 0.865. The first-order valence-electron chi connectivity index (χ1n) is 6.14. The van der Waals surface area contributed by atoms with Gasteiger partial charge >= 0.3 is 0 Å². The summed E-state index contributed by atoms with van der Waals surface area (Å²) in [4.78, 5) is 0. The Morgan fingerprint density at radius 2 is 1.63 bits per heavy atom. The maximum atomic E-state index is 8.61. The van der Waals surface area contributed by atoms with Crippen molar-refractivity contribution in [3.05, 3.63) is 59.7 Å². The molecule has 0 heterocycles. The lowest BCUT2D eigenvalue weighted by molar-refractivity contribution is 0.414. The number of benzene rings is 2. The normalized spacial score (nSPS) is 9.68. The molecule has 0 fully saturated rings. The van der Waals surface area contributed by atoms with Gasteiger partial charge in [-0.2, -0.15) is 5.26 Å². The molecular formula is C16H16N2O. The number of hydrogen-bond donors (Lipinski definition) is 1. The zero-order valence-corrected chi connectivity index (χ0v) is 10.9. The quantitative estimate of drug-likeness (QED) is 0.887. The molecule has 3 nitrogen and oxygen atoms in total. The lowest BCUT2D eigenvalue weighted by Crippen LogP contribution is -1.99. The first-order valence-corrected chi connectivity index (χ1v) is 6.14. The van der Waals surface area contributed by atoms with E-state index in [0.717, 1.165) is 23.5 Å². The topological polar surface area (TPSA) is 45.0 Å². The van der Waals surface area contributed by atoms with E-state index in [4.69, 9.17) is 10.00 Å². The maximum absolute atomic E-state index is 8.61. The summed E-state index contributed by atoms with van der Waals surface area (Å²) in [7, 11) is 1.66. The molecule has 0 aliphatic heterocycles. The molecule has 96 valence electrons. The van der Waals surface area contributed by atoms with Crippen molar-refractivity contribution < 1.29 is 4.74 Å². The van der Waals surface area contributed by atoms with E-state index in [2.05, 4.69) is 11.4 Å². The molecule has 1 N–H and O–H groups in total. The number of methoxy groups -OCH3 is 1. The molecule has 0 saturated heterocycles. The Hall–Kier alpha value is -2.47. The van der Waals surface area contributed by atoms with Gasteiger partial charge in [-0.3, -0.25) is 0 Å². The largest absolute Gasteiger partial charge is 0.497 e. The van der Waals surface area contributed by atoms with Crippen LogP contribution in [0.5, 0.6) is 5.75 Å². The molecule has 0 bridgehead atoms. The second kappa shape index (κ2) is 6.46. The highest BCUT2D eigenvalue weighted by Crippen LogP contribution is 2.14. The second-order valence-electron chi connectivity index (χ2n) is 4.23. The van der Waals surface area contributed by atoms with Gasteiger partial charge in [0.05, 0.1) is 19.6 Å². The third-order valence-corrected chi connectivity index (χ3v) is 2.89. The summed E-state index contributed by atoms with van der Waals surface area (Å²) in [6, 6.07) is 18.1. The molecular weight excluding hydrogens is 236 g/mol. The lowest BCUT2D eigenvalue weighted by atomic mass is 10.1. The molecule has 0 amide bonds. The van der Waals surface area contributed by atoms with Crippen molar-refractivity contribution in [3.8, 4) is 11.8 Å². The minimum atomic E-state index is 0.457. The monoisotopic (exact) mass is 252 g/mol.